The number of fused-ring (bicyclic) bond motifs is 1. The zero-order chi connectivity index (χ0) is 21.1. The summed E-state index contributed by atoms with van der Waals surface area (Å²) in [6.45, 7) is 4.94. The van der Waals surface area contributed by atoms with Crippen LogP contribution >= 0.6 is 15.9 Å². The Hall–Kier alpha value is -2.41. The molecule has 1 aliphatic rings. The van der Waals surface area contributed by atoms with Crippen molar-refractivity contribution in [3.8, 4) is 5.75 Å². The van der Waals surface area contributed by atoms with E-state index in [1.165, 1.54) is 0 Å². The number of hydrogen-bond acceptors (Lipinski definition) is 4. The maximum atomic E-state index is 13.1. The van der Waals surface area contributed by atoms with Crippen LogP contribution in [0.4, 0.5) is 5.69 Å². The number of carbonyl (C=O) groups excluding carboxylic acids is 1. The van der Waals surface area contributed by atoms with Crippen LogP contribution in [0.3, 0.4) is 0 Å². The first kappa shape index (κ1) is 20.8. The van der Waals surface area contributed by atoms with Crippen LogP contribution in [-0.4, -0.2) is 25.7 Å². The van der Waals surface area contributed by atoms with E-state index >= 15 is 0 Å². The second-order valence-electron chi connectivity index (χ2n) is 7.61. The van der Waals surface area contributed by atoms with Crippen LogP contribution in [0.2, 0.25) is 0 Å². The summed E-state index contributed by atoms with van der Waals surface area (Å²) in [5.74, 6) is 0.671. The fourth-order valence-electron chi connectivity index (χ4n) is 3.49. The SMILES string of the molecule is CCOc1ccc(NC(=O)C2(C)COC(c3ccc(Br)cc3)OC2)c2ccccc12. The topological polar surface area (TPSA) is 56.8 Å². The Kier molecular flexibility index (Phi) is 6.09. The summed E-state index contributed by atoms with van der Waals surface area (Å²) < 4.78 is 18.5. The highest BCUT2D eigenvalue weighted by molar-refractivity contribution is 9.10. The number of ether oxygens (including phenoxy) is 3. The molecule has 1 heterocycles. The first-order valence-corrected chi connectivity index (χ1v) is 10.7. The van der Waals surface area contributed by atoms with Crippen LogP contribution in [-0.2, 0) is 14.3 Å². The van der Waals surface area contributed by atoms with Crippen LogP contribution in [0.5, 0.6) is 5.75 Å². The van der Waals surface area contributed by atoms with E-state index in [4.69, 9.17) is 14.2 Å². The molecule has 0 aromatic heterocycles. The Balaban J connectivity index is 1.49. The van der Waals surface area contributed by atoms with Crippen molar-refractivity contribution in [3.05, 3.63) is 70.7 Å². The van der Waals surface area contributed by atoms with Gasteiger partial charge in [-0.2, -0.15) is 0 Å². The highest BCUT2D eigenvalue weighted by Crippen LogP contribution is 2.35. The average Bonchev–Trinajstić information content (AvgIpc) is 2.77. The van der Waals surface area contributed by atoms with Crippen molar-refractivity contribution in [2.24, 2.45) is 5.41 Å². The standard InChI is InChI=1S/C24H24BrNO4/c1-3-28-21-13-12-20(18-6-4-5-7-19(18)21)26-23(27)24(2)14-29-22(30-15-24)16-8-10-17(25)11-9-16/h4-13,22H,3,14-15H2,1-2H3,(H,26,27). The lowest BCUT2D eigenvalue weighted by atomic mass is 9.90. The third-order valence-corrected chi connectivity index (χ3v) is 5.76. The van der Waals surface area contributed by atoms with Crippen LogP contribution in [0, 0.1) is 5.41 Å². The van der Waals surface area contributed by atoms with Gasteiger partial charge in [-0.05, 0) is 38.1 Å². The maximum absolute atomic E-state index is 13.1. The van der Waals surface area contributed by atoms with Gasteiger partial charge in [-0.25, -0.2) is 0 Å². The molecule has 1 N–H and O–H groups in total. The molecule has 0 aliphatic carbocycles. The largest absolute Gasteiger partial charge is 0.493 e. The zero-order valence-corrected chi connectivity index (χ0v) is 18.6. The van der Waals surface area contributed by atoms with Crippen molar-refractivity contribution in [3.63, 3.8) is 0 Å². The van der Waals surface area contributed by atoms with Crippen LogP contribution in [0.1, 0.15) is 25.7 Å². The predicted molar refractivity (Wildman–Crippen MR) is 121 cm³/mol. The third-order valence-electron chi connectivity index (χ3n) is 5.23. The predicted octanol–water partition coefficient (Wildman–Crippen LogP) is 5.69. The van der Waals surface area contributed by atoms with E-state index < -0.39 is 11.7 Å². The molecule has 1 amide bonds. The van der Waals surface area contributed by atoms with E-state index in [0.29, 0.717) is 6.61 Å². The molecule has 4 rings (SSSR count). The molecular weight excluding hydrogens is 446 g/mol. The number of benzene rings is 3. The molecule has 0 spiro atoms. The Morgan fingerprint density at radius 1 is 1.07 bits per heavy atom. The molecule has 1 aliphatic heterocycles. The van der Waals surface area contributed by atoms with Crippen molar-refractivity contribution in [2.45, 2.75) is 20.1 Å². The van der Waals surface area contributed by atoms with Gasteiger partial charge in [-0.3, -0.25) is 4.79 Å². The first-order valence-electron chi connectivity index (χ1n) is 9.95. The Labute approximate surface area is 184 Å². The molecule has 0 saturated carbocycles. The summed E-state index contributed by atoms with van der Waals surface area (Å²) in [6, 6.07) is 19.4. The van der Waals surface area contributed by atoms with Crippen molar-refractivity contribution in [1.82, 2.24) is 0 Å². The van der Waals surface area contributed by atoms with Gasteiger partial charge in [0.1, 0.15) is 5.75 Å². The number of halogens is 1. The molecule has 156 valence electrons. The van der Waals surface area contributed by atoms with E-state index in [1.807, 2.05) is 74.5 Å². The highest BCUT2D eigenvalue weighted by atomic mass is 79.9. The van der Waals surface area contributed by atoms with Crippen molar-refractivity contribution < 1.29 is 19.0 Å². The molecule has 6 heteroatoms. The van der Waals surface area contributed by atoms with E-state index in [0.717, 1.165) is 32.2 Å². The number of anilines is 1. The van der Waals surface area contributed by atoms with E-state index in [1.54, 1.807) is 0 Å². The van der Waals surface area contributed by atoms with Gasteiger partial charge in [0.25, 0.3) is 0 Å². The summed E-state index contributed by atoms with van der Waals surface area (Å²) in [6.07, 6.45) is -0.467. The van der Waals surface area contributed by atoms with Gasteiger partial charge in [0.05, 0.1) is 25.2 Å². The van der Waals surface area contributed by atoms with Crippen molar-refractivity contribution in [2.75, 3.05) is 25.1 Å². The molecule has 1 saturated heterocycles. The lowest BCUT2D eigenvalue weighted by Crippen LogP contribution is -2.45. The fourth-order valence-corrected chi connectivity index (χ4v) is 3.75. The van der Waals surface area contributed by atoms with Gasteiger partial charge < -0.3 is 19.5 Å². The number of carbonyl (C=O) groups is 1. The van der Waals surface area contributed by atoms with Gasteiger partial charge in [-0.15, -0.1) is 0 Å². The highest BCUT2D eigenvalue weighted by Gasteiger charge is 2.40. The monoisotopic (exact) mass is 469 g/mol. The minimum absolute atomic E-state index is 0.133. The van der Waals surface area contributed by atoms with Gasteiger partial charge in [0, 0.05) is 26.5 Å². The number of amides is 1. The summed E-state index contributed by atoms with van der Waals surface area (Å²) in [4.78, 5) is 13.1. The molecule has 1 fully saturated rings. The summed E-state index contributed by atoms with van der Waals surface area (Å²) in [7, 11) is 0. The van der Waals surface area contributed by atoms with Crippen LogP contribution in [0.15, 0.2) is 65.1 Å². The normalized spacial score (nSPS) is 21.4. The van der Waals surface area contributed by atoms with Crippen molar-refractivity contribution >= 4 is 38.3 Å². The van der Waals surface area contributed by atoms with Crippen LogP contribution < -0.4 is 10.1 Å². The second-order valence-corrected chi connectivity index (χ2v) is 8.53. The minimum atomic E-state index is -0.786. The van der Waals surface area contributed by atoms with E-state index in [-0.39, 0.29) is 19.1 Å². The maximum Gasteiger partial charge on any atom is 0.235 e. The number of rotatable bonds is 5. The number of nitrogens with one attached hydrogen (secondary N) is 1. The fraction of sp³-hybridized carbons (Fsp3) is 0.292. The molecule has 0 unspecified atom stereocenters. The van der Waals surface area contributed by atoms with Crippen molar-refractivity contribution in [1.29, 1.82) is 0 Å². The molecule has 0 radical (unpaired) electrons. The lowest BCUT2D eigenvalue weighted by Gasteiger charge is -2.36. The Bertz CT molecular complexity index is 1040. The van der Waals surface area contributed by atoms with Gasteiger partial charge >= 0.3 is 0 Å². The van der Waals surface area contributed by atoms with Gasteiger partial charge in [0.15, 0.2) is 6.29 Å². The summed E-state index contributed by atoms with van der Waals surface area (Å²) >= 11 is 3.43. The molecular formula is C24H24BrNO4. The molecule has 30 heavy (non-hydrogen) atoms. The molecule has 0 atom stereocenters. The first-order chi connectivity index (χ1) is 14.5. The Morgan fingerprint density at radius 3 is 2.40 bits per heavy atom. The second kappa shape index (κ2) is 8.76. The smallest absolute Gasteiger partial charge is 0.235 e. The minimum Gasteiger partial charge on any atom is -0.493 e. The number of hydrogen-bond donors (Lipinski definition) is 1. The van der Waals surface area contributed by atoms with Gasteiger partial charge in [-0.1, -0.05) is 52.3 Å². The Morgan fingerprint density at radius 2 is 1.73 bits per heavy atom. The molecule has 0 bridgehead atoms. The third kappa shape index (κ3) is 4.21. The van der Waals surface area contributed by atoms with Gasteiger partial charge in [0.2, 0.25) is 5.91 Å². The van der Waals surface area contributed by atoms with Crippen LogP contribution in [0.25, 0.3) is 10.8 Å². The lowest BCUT2D eigenvalue weighted by molar-refractivity contribution is -0.226. The average molecular weight is 470 g/mol. The molecule has 3 aromatic rings. The molecule has 5 nitrogen and oxygen atoms in total. The summed E-state index contributed by atoms with van der Waals surface area (Å²) in [5, 5.41) is 4.97. The molecule has 3 aromatic carbocycles. The summed E-state index contributed by atoms with van der Waals surface area (Å²) in [5.41, 5.74) is 0.888. The zero-order valence-electron chi connectivity index (χ0n) is 17.0. The van der Waals surface area contributed by atoms with E-state index in [2.05, 4.69) is 21.2 Å². The quantitative estimate of drug-likeness (QED) is 0.521. The van der Waals surface area contributed by atoms with E-state index in [9.17, 15) is 4.79 Å².